The quantitative estimate of drug-likeness (QED) is 0.671. The highest BCUT2D eigenvalue weighted by Gasteiger charge is 2.14. The Hall–Kier alpha value is -2.82. The second-order valence-electron chi connectivity index (χ2n) is 5.99. The van der Waals surface area contributed by atoms with E-state index >= 15 is 0 Å². The highest BCUT2D eigenvalue weighted by molar-refractivity contribution is 5.95. The van der Waals surface area contributed by atoms with Gasteiger partial charge in [0.2, 0.25) is 0 Å². The molecule has 0 aliphatic carbocycles. The van der Waals surface area contributed by atoms with Gasteiger partial charge in [0.15, 0.2) is 0 Å². The molecule has 2 aromatic carbocycles. The molecular formula is C19H21N3O2. The zero-order valence-corrected chi connectivity index (χ0v) is 13.7. The molecule has 1 fully saturated rings. The molecule has 2 N–H and O–H groups in total. The molecule has 1 saturated heterocycles. The fourth-order valence-corrected chi connectivity index (χ4v) is 2.95. The molecule has 3 rings (SSSR count). The summed E-state index contributed by atoms with van der Waals surface area (Å²) in [6.45, 7) is 4.33. The first-order valence-electron chi connectivity index (χ1n) is 8.11. The summed E-state index contributed by atoms with van der Waals surface area (Å²) >= 11 is 0. The van der Waals surface area contributed by atoms with Gasteiger partial charge in [0, 0.05) is 24.3 Å². The maximum absolute atomic E-state index is 11.9. The number of phenols is 1. The molecule has 1 aliphatic heterocycles. The Balaban J connectivity index is 1.64. The molecule has 124 valence electrons. The first kappa shape index (κ1) is 16.1. The van der Waals surface area contributed by atoms with E-state index in [1.54, 1.807) is 18.3 Å². The summed E-state index contributed by atoms with van der Waals surface area (Å²) in [5.41, 5.74) is 6.26. The fourth-order valence-electron chi connectivity index (χ4n) is 2.95. The lowest BCUT2D eigenvalue weighted by Gasteiger charge is -2.20. The van der Waals surface area contributed by atoms with Crippen LogP contribution in [0.1, 0.15) is 34.3 Å². The molecule has 0 bridgehead atoms. The number of amides is 1. The highest BCUT2D eigenvalue weighted by Crippen LogP contribution is 2.24. The maximum Gasteiger partial charge on any atom is 0.271 e. The number of phenolic OH excluding ortho intramolecular Hbond substituents is 1. The lowest BCUT2D eigenvalue weighted by Crippen LogP contribution is -2.19. The number of rotatable bonds is 4. The van der Waals surface area contributed by atoms with E-state index in [2.05, 4.69) is 34.5 Å². The minimum Gasteiger partial charge on any atom is -0.508 e. The monoisotopic (exact) mass is 323 g/mol. The number of carbonyl (C=O) groups excluding carboxylic acids is 1. The highest BCUT2D eigenvalue weighted by atomic mass is 16.3. The second-order valence-corrected chi connectivity index (χ2v) is 5.99. The third kappa shape index (κ3) is 3.74. The van der Waals surface area contributed by atoms with Gasteiger partial charge in [-0.25, -0.2) is 5.43 Å². The number of hydrazone groups is 1. The number of benzene rings is 2. The van der Waals surface area contributed by atoms with Crippen molar-refractivity contribution < 1.29 is 9.90 Å². The molecular weight excluding hydrogens is 302 g/mol. The van der Waals surface area contributed by atoms with Crippen LogP contribution >= 0.6 is 0 Å². The third-order valence-electron chi connectivity index (χ3n) is 4.16. The molecule has 1 aliphatic rings. The lowest BCUT2D eigenvalue weighted by molar-refractivity contribution is 0.0954. The zero-order valence-electron chi connectivity index (χ0n) is 13.7. The Kier molecular flexibility index (Phi) is 4.79. The predicted molar refractivity (Wildman–Crippen MR) is 95.8 cm³/mol. The second kappa shape index (κ2) is 7.17. The van der Waals surface area contributed by atoms with E-state index < -0.39 is 0 Å². The molecule has 0 aromatic heterocycles. The van der Waals surface area contributed by atoms with Crippen molar-refractivity contribution >= 4 is 17.8 Å². The van der Waals surface area contributed by atoms with Crippen molar-refractivity contribution in [2.75, 3.05) is 18.0 Å². The van der Waals surface area contributed by atoms with Gasteiger partial charge in [0.25, 0.3) is 5.91 Å². The summed E-state index contributed by atoms with van der Waals surface area (Å²) in [5.74, 6) is -0.299. The van der Waals surface area contributed by atoms with Crippen LogP contribution in [-0.2, 0) is 0 Å². The molecule has 1 heterocycles. The van der Waals surface area contributed by atoms with Crippen LogP contribution < -0.4 is 10.3 Å². The van der Waals surface area contributed by atoms with Gasteiger partial charge in [-0.1, -0.05) is 12.1 Å². The SMILES string of the molecule is Cc1cc(/C=N\NC(=O)c2cccc(O)c2)ccc1N1CCCC1. The first-order valence-corrected chi connectivity index (χ1v) is 8.11. The molecule has 0 unspecified atom stereocenters. The third-order valence-corrected chi connectivity index (χ3v) is 4.16. The van der Waals surface area contributed by atoms with E-state index in [0.29, 0.717) is 5.56 Å². The Morgan fingerprint density at radius 3 is 2.71 bits per heavy atom. The van der Waals surface area contributed by atoms with Crippen molar-refractivity contribution in [3.05, 3.63) is 59.2 Å². The minimum absolute atomic E-state index is 0.0553. The molecule has 0 spiro atoms. The molecule has 0 radical (unpaired) electrons. The lowest BCUT2D eigenvalue weighted by atomic mass is 10.1. The van der Waals surface area contributed by atoms with Crippen LogP contribution in [0.25, 0.3) is 0 Å². The van der Waals surface area contributed by atoms with E-state index in [1.807, 2.05) is 6.07 Å². The fraction of sp³-hybridized carbons (Fsp3) is 0.263. The van der Waals surface area contributed by atoms with E-state index in [4.69, 9.17) is 0 Å². The van der Waals surface area contributed by atoms with E-state index in [0.717, 1.165) is 18.7 Å². The predicted octanol–water partition coefficient (Wildman–Crippen LogP) is 3.06. The number of anilines is 1. The van der Waals surface area contributed by atoms with Crippen LogP contribution in [0.4, 0.5) is 5.69 Å². The van der Waals surface area contributed by atoms with Gasteiger partial charge in [-0.05, 0) is 61.2 Å². The smallest absolute Gasteiger partial charge is 0.271 e. The topological polar surface area (TPSA) is 64.9 Å². The Morgan fingerprint density at radius 1 is 1.21 bits per heavy atom. The van der Waals surface area contributed by atoms with E-state index in [-0.39, 0.29) is 11.7 Å². The molecule has 2 aromatic rings. The summed E-state index contributed by atoms with van der Waals surface area (Å²) in [5, 5.41) is 13.4. The number of hydrogen-bond donors (Lipinski definition) is 2. The van der Waals surface area contributed by atoms with Gasteiger partial charge < -0.3 is 10.0 Å². The normalized spacial score (nSPS) is 14.3. The Morgan fingerprint density at radius 2 is 2.00 bits per heavy atom. The standard InChI is InChI=1S/C19H21N3O2/c1-14-11-15(7-8-18(14)22-9-2-3-10-22)13-20-21-19(24)16-5-4-6-17(23)12-16/h4-8,11-13,23H,2-3,9-10H2,1H3,(H,21,24)/b20-13-. The number of nitrogens with zero attached hydrogens (tertiary/aromatic N) is 2. The summed E-state index contributed by atoms with van der Waals surface area (Å²) < 4.78 is 0. The van der Waals surface area contributed by atoms with Gasteiger partial charge in [0.05, 0.1) is 6.21 Å². The van der Waals surface area contributed by atoms with Crippen molar-refractivity contribution in [3.8, 4) is 5.75 Å². The summed E-state index contributed by atoms with van der Waals surface area (Å²) in [6.07, 6.45) is 4.13. The van der Waals surface area contributed by atoms with Crippen LogP contribution in [0, 0.1) is 6.92 Å². The summed E-state index contributed by atoms with van der Waals surface area (Å²) in [4.78, 5) is 14.3. The first-order chi connectivity index (χ1) is 11.6. The zero-order chi connectivity index (χ0) is 16.9. The molecule has 5 nitrogen and oxygen atoms in total. The van der Waals surface area contributed by atoms with Crippen molar-refractivity contribution in [1.29, 1.82) is 0 Å². The van der Waals surface area contributed by atoms with Crippen LogP contribution in [0.5, 0.6) is 5.75 Å². The Bertz CT molecular complexity index is 765. The summed E-state index contributed by atoms with van der Waals surface area (Å²) in [7, 11) is 0. The summed E-state index contributed by atoms with van der Waals surface area (Å²) in [6, 6.07) is 12.3. The van der Waals surface area contributed by atoms with Crippen molar-refractivity contribution in [3.63, 3.8) is 0 Å². The van der Waals surface area contributed by atoms with Crippen LogP contribution in [-0.4, -0.2) is 30.3 Å². The maximum atomic E-state index is 11.9. The molecule has 1 amide bonds. The number of hydrogen-bond acceptors (Lipinski definition) is 4. The average Bonchev–Trinajstić information content (AvgIpc) is 3.09. The van der Waals surface area contributed by atoms with Gasteiger partial charge >= 0.3 is 0 Å². The van der Waals surface area contributed by atoms with Crippen molar-refractivity contribution in [1.82, 2.24) is 5.43 Å². The van der Waals surface area contributed by atoms with Crippen molar-refractivity contribution in [2.45, 2.75) is 19.8 Å². The minimum atomic E-state index is -0.354. The van der Waals surface area contributed by atoms with Gasteiger partial charge in [-0.3, -0.25) is 4.79 Å². The number of carbonyl (C=O) groups is 1. The largest absolute Gasteiger partial charge is 0.508 e. The number of nitrogens with one attached hydrogen (secondary N) is 1. The average molecular weight is 323 g/mol. The molecule has 5 heteroatoms. The van der Waals surface area contributed by atoms with E-state index in [1.165, 1.54) is 36.2 Å². The number of aryl methyl sites for hydroxylation is 1. The van der Waals surface area contributed by atoms with Crippen LogP contribution in [0.3, 0.4) is 0 Å². The molecule has 0 atom stereocenters. The van der Waals surface area contributed by atoms with Crippen molar-refractivity contribution in [2.24, 2.45) is 5.10 Å². The number of aromatic hydroxyl groups is 1. The molecule has 0 saturated carbocycles. The van der Waals surface area contributed by atoms with Crippen LogP contribution in [0.2, 0.25) is 0 Å². The van der Waals surface area contributed by atoms with E-state index in [9.17, 15) is 9.90 Å². The van der Waals surface area contributed by atoms with Gasteiger partial charge in [0.1, 0.15) is 5.75 Å². The van der Waals surface area contributed by atoms with Gasteiger partial charge in [-0.15, -0.1) is 0 Å². The van der Waals surface area contributed by atoms with Gasteiger partial charge in [-0.2, -0.15) is 5.10 Å². The molecule has 24 heavy (non-hydrogen) atoms. The van der Waals surface area contributed by atoms with Crippen LogP contribution in [0.15, 0.2) is 47.6 Å². The Labute approximate surface area is 141 Å².